The highest BCUT2D eigenvalue weighted by Gasteiger charge is 2.26. The largest absolute Gasteiger partial charge is 0.291 e. The van der Waals surface area contributed by atoms with Crippen molar-refractivity contribution in [1.29, 1.82) is 0 Å². The van der Waals surface area contributed by atoms with Crippen LogP contribution in [0.3, 0.4) is 0 Å². The van der Waals surface area contributed by atoms with Crippen molar-refractivity contribution in [2.24, 2.45) is 0 Å². The van der Waals surface area contributed by atoms with Crippen LogP contribution in [-0.2, 0) is 6.54 Å². The van der Waals surface area contributed by atoms with Gasteiger partial charge in [-0.1, -0.05) is 36.4 Å². The average molecular weight is 252 g/mol. The molecule has 0 aliphatic carbocycles. The van der Waals surface area contributed by atoms with Crippen molar-refractivity contribution in [3.05, 3.63) is 65.5 Å². The molecule has 1 atom stereocenters. The van der Waals surface area contributed by atoms with Gasteiger partial charge in [0.05, 0.1) is 11.7 Å². The molecular weight excluding hydrogens is 232 g/mol. The van der Waals surface area contributed by atoms with Crippen molar-refractivity contribution in [2.75, 3.05) is 6.54 Å². The second kappa shape index (κ2) is 5.54. The van der Waals surface area contributed by atoms with Crippen LogP contribution in [0, 0.1) is 6.92 Å². The van der Waals surface area contributed by atoms with Gasteiger partial charge in [-0.15, -0.1) is 0 Å². The minimum Gasteiger partial charge on any atom is -0.291 e. The molecular formula is C17H20N2. The molecule has 1 aromatic heterocycles. The summed E-state index contributed by atoms with van der Waals surface area (Å²) in [4.78, 5) is 7.26. The predicted octanol–water partition coefficient (Wildman–Crippen LogP) is 3.73. The van der Waals surface area contributed by atoms with Gasteiger partial charge in [-0.2, -0.15) is 0 Å². The number of benzene rings is 1. The Kier molecular flexibility index (Phi) is 3.60. The van der Waals surface area contributed by atoms with E-state index in [0.717, 1.165) is 12.2 Å². The zero-order chi connectivity index (χ0) is 13.1. The molecule has 0 N–H and O–H groups in total. The fraction of sp³-hybridized carbons (Fsp3) is 0.353. The molecule has 0 radical (unpaired) electrons. The van der Waals surface area contributed by atoms with Gasteiger partial charge in [0.15, 0.2) is 0 Å². The van der Waals surface area contributed by atoms with E-state index in [2.05, 4.69) is 60.4 Å². The Hall–Kier alpha value is -1.67. The lowest BCUT2D eigenvalue weighted by atomic mass is 10.1. The summed E-state index contributed by atoms with van der Waals surface area (Å²) in [6, 6.07) is 17.6. The lowest BCUT2D eigenvalue weighted by Gasteiger charge is -2.24. The van der Waals surface area contributed by atoms with Gasteiger partial charge in [0.25, 0.3) is 0 Å². The van der Waals surface area contributed by atoms with Gasteiger partial charge in [0.1, 0.15) is 0 Å². The third-order valence-electron chi connectivity index (χ3n) is 3.84. The summed E-state index contributed by atoms with van der Waals surface area (Å²) in [5, 5.41) is 0. The molecule has 2 heteroatoms. The Morgan fingerprint density at radius 2 is 1.95 bits per heavy atom. The Morgan fingerprint density at radius 3 is 2.74 bits per heavy atom. The van der Waals surface area contributed by atoms with Gasteiger partial charge in [-0.3, -0.25) is 9.88 Å². The van der Waals surface area contributed by atoms with E-state index in [1.165, 1.54) is 30.6 Å². The van der Waals surface area contributed by atoms with E-state index < -0.39 is 0 Å². The minimum absolute atomic E-state index is 0.486. The standard InChI is InChI=1S/C17H20N2/c1-14-7-5-10-16(18-14)17-11-6-12-19(17)13-15-8-3-2-4-9-15/h2-5,7-10,17H,6,11-13H2,1H3/t17-/m1/s1. The zero-order valence-corrected chi connectivity index (χ0v) is 11.4. The molecule has 1 saturated heterocycles. The summed E-state index contributed by atoms with van der Waals surface area (Å²) in [6.45, 7) is 4.27. The number of pyridine rings is 1. The van der Waals surface area contributed by atoms with Gasteiger partial charge in [0, 0.05) is 12.2 Å². The molecule has 2 aromatic rings. The van der Waals surface area contributed by atoms with Crippen molar-refractivity contribution in [2.45, 2.75) is 32.4 Å². The first-order chi connectivity index (χ1) is 9.33. The highest BCUT2D eigenvalue weighted by molar-refractivity contribution is 5.18. The predicted molar refractivity (Wildman–Crippen MR) is 77.8 cm³/mol. The average Bonchev–Trinajstić information content (AvgIpc) is 2.88. The summed E-state index contributed by atoms with van der Waals surface area (Å²) < 4.78 is 0. The lowest BCUT2D eigenvalue weighted by molar-refractivity contribution is 0.244. The Balaban J connectivity index is 1.78. The topological polar surface area (TPSA) is 16.1 Å². The fourth-order valence-electron chi connectivity index (χ4n) is 2.92. The van der Waals surface area contributed by atoms with Gasteiger partial charge in [-0.05, 0) is 44.0 Å². The quantitative estimate of drug-likeness (QED) is 0.827. The van der Waals surface area contributed by atoms with E-state index in [-0.39, 0.29) is 0 Å². The molecule has 1 aliphatic heterocycles. The van der Waals surface area contributed by atoms with Crippen LogP contribution in [0.5, 0.6) is 0 Å². The van der Waals surface area contributed by atoms with E-state index in [1.54, 1.807) is 0 Å². The maximum atomic E-state index is 4.71. The number of aromatic nitrogens is 1. The van der Waals surface area contributed by atoms with Crippen molar-refractivity contribution < 1.29 is 0 Å². The van der Waals surface area contributed by atoms with Crippen molar-refractivity contribution in [3.63, 3.8) is 0 Å². The highest BCUT2D eigenvalue weighted by atomic mass is 15.2. The summed E-state index contributed by atoms with van der Waals surface area (Å²) >= 11 is 0. The summed E-state index contributed by atoms with van der Waals surface area (Å²) in [5.74, 6) is 0. The van der Waals surface area contributed by atoms with E-state index in [9.17, 15) is 0 Å². The van der Waals surface area contributed by atoms with Crippen LogP contribution in [0.2, 0.25) is 0 Å². The van der Waals surface area contributed by atoms with Crippen LogP contribution in [0.1, 0.15) is 35.8 Å². The number of aryl methyl sites for hydroxylation is 1. The molecule has 1 fully saturated rings. The third kappa shape index (κ3) is 2.85. The number of likely N-dealkylation sites (tertiary alicyclic amines) is 1. The monoisotopic (exact) mass is 252 g/mol. The molecule has 2 nitrogen and oxygen atoms in total. The normalized spacial score (nSPS) is 19.7. The molecule has 98 valence electrons. The molecule has 1 aliphatic rings. The summed E-state index contributed by atoms with van der Waals surface area (Å²) in [7, 11) is 0. The van der Waals surface area contributed by atoms with Gasteiger partial charge < -0.3 is 0 Å². The molecule has 2 heterocycles. The molecule has 0 amide bonds. The highest BCUT2D eigenvalue weighted by Crippen LogP contribution is 2.32. The van der Waals surface area contributed by atoms with Gasteiger partial charge >= 0.3 is 0 Å². The van der Waals surface area contributed by atoms with Crippen LogP contribution < -0.4 is 0 Å². The smallest absolute Gasteiger partial charge is 0.0578 e. The number of hydrogen-bond acceptors (Lipinski definition) is 2. The third-order valence-corrected chi connectivity index (χ3v) is 3.84. The molecule has 3 rings (SSSR count). The van der Waals surface area contributed by atoms with Crippen LogP contribution in [0.4, 0.5) is 0 Å². The van der Waals surface area contributed by atoms with Crippen molar-refractivity contribution in [1.82, 2.24) is 9.88 Å². The van der Waals surface area contributed by atoms with Crippen molar-refractivity contribution in [3.8, 4) is 0 Å². The van der Waals surface area contributed by atoms with Gasteiger partial charge in [0.2, 0.25) is 0 Å². The van der Waals surface area contributed by atoms with Crippen molar-refractivity contribution >= 4 is 0 Å². The second-order valence-corrected chi connectivity index (χ2v) is 5.32. The summed E-state index contributed by atoms with van der Waals surface area (Å²) in [5.41, 5.74) is 3.74. The van der Waals surface area contributed by atoms with Crippen LogP contribution in [0.15, 0.2) is 48.5 Å². The Labute approximate surface area is 115 Å². The summed E-state index contributed by atoms with van der Waals surface area (Å²) in [6.07, 6.45) is 2.50. The van der Waals surface area contributed by atoms with E-state index >= 15 is 0 Å². The van der Waals surface area contributed by atoms with Crippen LogP contribution in [0.25, 0.3) is 0 Å². The zero-order valence-electron chi connectivity index (χ0n) is 11.4. The van der Waals surface area contributed by atoms with Crippen LogP contribution in [-0.4, -0.2) is 16.4 Å². The number of rotatable bonds is 3. The molecule has 1 aromatic carbocycles. The first kappa shape index (κ1) is 12.4. The molecule has 0 spiro atoms. The van der Waals surface area contributed by atoms with E-state index in [1.807, 2.05) is 0 Å². The molecule has 0 saturated carbocycles. The lowest BCUT2D eigenvalue weighted by Crippen LogP contribution is -2.23. The fourth-order valence-corrected chi connectivity index (χ4v) is 2.92. The van der Waals surface area contributed by atoms with Gasteiger partial charge in [-0.25, -0.2) is 0 Å². The maximum Gasteiger partial charge on any atom is 0.0578 e. The van der Waals surface area contributed by atoms with Crippen LogP contribution >= 0.6 is 0 Å². The molecule has 0 unspecified atom stereocenters. The molecule has 0 bridgehead atoms. The van der Waals surface area contributed by atoms with E-state index in [0.29, 0.717) is 6.04 Å². The maximum absolute atomic E-state index is 4.71. The first-order valence-corrected chi connectivity index (χ1v) is 7.04. The number of nitrogens with zero attached hydrogens (tertiary/aromatic N) is 2. The molecule has 19 heavy (non-hydrogen) atoms. The Morgan fingerprint density at radius 1 is 1.11 bits per heavy atom. The van der Waals surface area contributed by atoms with E-state index in [4.69, 9.17) is 4.98 Å². The second-order valence-electron chi connectivity index (χ2n) is 5.32. The Bertz CT molecular complexity index is 536. The SMILES string of the molecule is Cc1cccc([C@H]2CCCN2Cc2ccccc2)n1. The first-order valence-electron chi connectivity index (χ1n) is 7.04. The minimum atomic E-state index is 0.486. The number of hydrogen-bond donors (Lipinski definition) is 0.